The van der Waals surface area contributed by atoms with Gasteiger partial charge in [0.25, 0.3) is 0 Å². The van der Waals surface area contributed by atoms with Gasteiger partial charge in [0.15, 0.2) is 17.9 Å². The quantitative estimate of drug-likeness (QED) is 0.406. The number of hydrogen-bond acceptors (Lipinski definition) is 4. The Hall–Kier alpha value is -2.57. The van der Waals surface area contributed by atoms with Gasteiger partial charge in [-0.05, 0) is 35.7 Å². The zero-order valence-corrected chi connectivity index (χ0v) is 16.0. The number of rotatable bonds is 10. The van der Waals surface area contributed by atoms with Crippen LogP contribution < -0.4 is 13.9 Å². The number of ether oxygens (including phenoxy) is 3. The lowest BCUT2D eigenvalue weighted by molar-refractivity contribution is -0.703. The van der Waals surface area contributed by atoms with Crippen molar-refractivity contribution in [3.8, 4) is 11.6 Å². The van der Waals surface area contributed by atoms with Gasteiger partial charge >= 0.3 is 5.82 Å². The lowest BCUT2D eigenvalue weighted by Crippen LogP contribution is -2.38. The van der Waals surface area contributed by atoms with E-state index in [1.54, 1.807) is 0 Å². The van der Waals surface area contributed by atoms with E-state index in [9.17, 15) is 0 Å². The van der Waals surface area contributed by atoms with Crippen molar-refractivity contribution >= 4 is 10.9 Å². The van der Waals surface area contributed by atoms with Crippen LogP contribution in [0.25, 0.3) is 16.7 Å². The Kier molecular flexibility index (Phi) is 7.07. The monoisotopic (exact) mass is 369 g/mol. The van der Waals surface area contributed by atoms with Gasteiger partial charge in [-0.15, -0.1) is 0 Å². The van der Waals surface area contributed by atoms with Gasteiger partial charge < -0.3 is 14.2 Å². The molecule has 142 valence electrons. The van der Waals surface area contributed by atoms with E-state index in [2.05, 4.69) is 13.0 Å². The van der Waals surface area contributed by atoms with Crippen molar-refractivity contribution in [3.63, 3.8) is 0 Å². The summed E-state index contributed by atoms with van der Waals surface area (Å²) in [5.41, 5.74) is 0.935. The Morgan fingerprint density at radius 3 is 2.37 bits per heavy atom. The predicted octanol–water partition coefficient (Wildman–Crippen LogP) is 2.16. The number of fused-ring (bicyclic) bond motifs is 1. The van der Waals surface area contributed by atoms with Gasteiger partial charge in [0.1, 0.15) is 19.4 Å². The lowest BCUT2D eigenvalue weighted by Gasteiger charge is -2.08. The first-order chi connectivity index (χ1) is 13.3. The number of pyridine rings is 1. The van der Waals surface area contributed by atoms with Gasteiger partial charge in [0.2, 0.25) is 12.4 Å². The topological polar surface area (TPSA) is 48.3 Å². The molecular weight excluding hydrogens is 342 g/mol. The fraction of sp³-hybridized carbons (Fsp3) is 0.381. The third kappa shape index (κ3) is 5.70. The fourth-order valence-electron chi connectivity index (χ4n) is 2.62. The third-order valence-corrected chi connectivity index (χ3v) is 4.05. The highest BCUT2D eigenvalue weighted by Gasteiger charge is 2.11. The summed E-state index contributed by atoms with van der Waals surface area (Å²) in [5, 5.41) is 1.05. The standard InChI is InChI=1S/C21H27N3O3/c1-3-12-25-13-14-26-15-16-27-19-5-6-20-18(17-19)4-7-21(22-20)24-10-8-23(2)9-11-24/h4-11,17H,3,12-16H2,1-2H3/q+2. The first-order valence-electron chi connectivity index (χ1n) is 9.32. The Balaban J connectivity index is 1.53. The Bertz CT molecular complexity index is 853. The number of hydrogen-bond donors (Lipinski definition) is 0. The van der Waals surface area contributed by atoms with E-state index < -0.39 is 0 Å². The van der Waals surface area contributed by atoms with E-state index in [1.807, 2.05) is 65.2 Å². The molecule has 2 heterocycles. The number of benzene rings is 1. The van der Waals surface area contributed by atoms with Gasteiger partial charge in [0.05, 0.1) is 19.8 Å². The van der Waals surface area contributed by atoms with Gasteiger partial charge in [0, 0.05) is 18.1 Å². The summed E-state index contributed by atoms with van der Waals surface area (Å²) in [7, 11) is 1.99. The molecule has 6 nitrogen and oxygen atoms in total. The molecule has 0 saturated carbocycles. The van der Waals surface area contributed by atoms with E-state index >= 15 is 0 Å². The predicted molar refractivity (Wildman–Crippen MR) is 102 cm³/mol. The van der Waals surface area contributed by atoms with Crippen LogP contribution in [0.15, 0.2) is 55.1 Å². The first-order valence-corrected chi connectivity index (χ1v) is 9.32. The summed E-state index contributed by atoms with van der Waals surface area (Å²) in [5.74, 6) is 1.71. The summed E-state index contributed by atoms with van der Waals surface area (Å²) in [6.07, 6.45) is 8.98. The molecule has 0 fully saturated rings. The van der Waals surface area contributed by atoms with Crippen LogP contribution in [0.1, 0.15) is 13.3 Å². The molecule has 0 saturated heterocycles. The molecule has 0 bridgehead atoms. The smallest absolute Gasteiger partial charge is 0.328 e. The zero-order valence-electron chi connectivity index (χ0n) is 16.0. The minimum absolute atomic E-state index is 0.516. The molecule has 0 aliphatic carbocycles. The highest BCUT2D eigenvalue weighted by atomic mass is 16.5. The molecule has 6 heteroatoms. The Labute approximate surface area is 160 Å². The second kappa shape index (κ2) is 9.94. The molecule has 0 N–H and O–H groups in total. The average molecular weight is 369 g/mol. The molecule has 0 atom stereocenters. The summed E-state index contributed by atoms with van der Waals surface area (Å²) in [4.78, 5) is 4.72. The van der Waals surface area contributed by atoms with Crippen LogP contribution in [0.3, 0.4) is 0 Å². The largest absolute Gasteiger partial charge is 0.491 e. The van der Waals surface area contributed by atoms with Gasteiger partial charge in [-0.25, -0.2) is 4.57 Å². The Morgan fingerprint density at radius 2 is 1.59 bits per heavy atom. The summed E-state index contributed by atoms with van der Waals surface area (Å²) >= 11 is 0. The molecule has 0 spiro atoms. The second-order valence-corrected chi connectivity index (χ2v) is 6.27. The van der Waals surface area contributed by atoms with Crippen LogP contribution in [0, 0.1) is 0 Å². The second-order valence-electron chi connectivity index (χ2n) is 6.27. The Morgan fingerprint density at radius 1 is 0.852 bits per heavy atom. The van der Waals surface area contributed by atoms with Crippen LogP contribution in [-0.4, -0.2) is 38.0 Å². The van der Waals surface area contributed by atoms with Crippen molar-refractivity contribution in [2.75, 3.05) is 33.0 Å². The molecule has 2 aromatic heterocycles. The van der Waals surface area contributed by atoms with Crippen molar-refractivity contribution in [1.29, 1.82) is 0 Å². The summed E-state index contributed by atoms with van der Waals surface area (Å²) < 4.78 is 20.6. The van der Waals surface area contributed by atoms with Crippen molar-refractivity contribution in [1.82, 2.24) is 4.98 Å². The number of aromatic nitrogens is 3. The van der Waals surface area contributed by atoms with Gasteiger partial charge in [-0.2, -0.15) is 4.57 Å². The highest BCUT2D eigenvalue weighted by molar-refractivity contribution is 5.80. The van der Waals surface area contributed by atoms with E-state index in [-0.39, 0.29) is 0 Å². The zero-order chi connectivity index (χ0) is 18.9. The molecule has 3 rings (SSSR count). The van der Waals surface area contributed by atoms with E-state index in [0.29, 0.717) is 26.4 Å². The maximum absolute atomic E-state index is 5.77. The highest BCUT2D eigenvalue weighted by Crippen LogP contribution is 2.20. The maximum atomic E-state index is 5.77. The molecular formula is C21H27N3O3+2. The molecule has 0 amide bonds. The van der Waals surface area contributed by atoms with Crippen molar-refractivity contribution in [2.24, 2.45) is 7.05 Å². The van der Waals surface area contributed by atoms with Crippen LogP contribution in [0.5, 0.6) is 5.75 Å². The third-order valence-electron chi connectivity index (χ3n) is 4.05. The molecule has 27 heavy (non-hydrogen) atoms. The average Bonchev–Trinajstić information content (AvgIpc) is 2.70. The van der Waals surface area contributed by atoms with Crippen molar-refractivity contribution in [3.05, 3.63) is 55.1 Å². The van der Waals surface area contributed by atoms with Crippen LogP contribution in [0.4, 0.5) is 0 Å². The minimum Gasteiger partial charge on any atom is -0.491 e. The fourth-order valence-corrected chi connectivity index (χ4v) is 2.62. The molecule has 0 unspecified atom stereocenters. The molecule has 0 aliphatic heterocycles. The van der Waals surface area contributed by atoms with Gasteiger partial charge in [-0.3, -0.25) is 0 Å². The van der Waals surface area contributed by atoms with E-state index in [1.165, 1.54) is 0 Å². The number of aryl methyl sites for hydroxylation is 1. The lowest BCUT2D eigenvalue weighted by atomic mass is 10.2. The maximum Gasteiger partial charge on any atom is 0.328 e. The van der Waals surface area contributed by atoms with Crippen LogP contribution >= 0.6 is 0 Å². The summed E-state index contributed by atoms with van der Waals surface area (Å²) in [6, 6.07) is 10.00. The van der Waals surface area contributed by atoms with Gasteiger partial charge in [-0.1, -0.05) is 6.92 Å². The van der Waals surface area contributed by atoms with E-state index in [0.717, 1.165) is 35.5 Å². The summed E-state index contributed by atoms with van der Waals surface area (Å²) in [6.45, 7) is 5.18. The molecule has 1 aromatic carbocycles. The minimum atomic E-state index is 0.516. The molecule has 3 aromatic rings. The van der Waals surface area contributed by atoms with Crippen LogP contribution in [0.2, 0.25) is 0 Å². The van der Waals surface area contributed by atoms with Crippen molar-refractivity contribution < 1.29 is 23.3 Å². The van der Waals surface area contributed by atoms with Crippen LogP contribution in [-0.2, 0) is 16.5 Å². The van der Waals surface area contributed by atoms with Crippen molar-refractivity contribution in [2.45, 2.75) is 13.3 Å². The molecule has 0 aliphatic rings. The normalized spacial score (nSPS) is 11.0. The number of nitrogens with zero attached hydrogens (tertiary/aromatic N) is 3. The van der Waals surface area contributed by atoms with E-state index in [4.69, 9.17) is 19.2 Å². The SMILES string of the molecule is CCCOCCOCCOc1ccc2nc(-[n+]3cc[n+](C)cc3)ccc2c1. The molecule has 0 radical (unpaired) electrons. The first kappa shape index (κ1) is 19.2.